The minimum atomic E-state index is 0.136. The molecular weight excluding hydrogens is 350 g/mol. The van der Waals surface area contributed by atoms with Crippen molar-refractivity contribution in [1.29, 1.82) is 0 Å². The molecule has 0 aromatic carbocycles. The molecule has 29 heavy (non-hydrogen) atoms. The summed E-state index contributed by atoms with van der Waals surface area (Å²) in [5, 5.41) is 0. The van der Waals surface area contributed by atoms with E-state index >= 15 is 0 Å². The summed E-state index contributed by atoms with van der Waals surface area (Å²) in [7, 11) is 0. The molecule has 0 atom stereocenters. The van der Waals surface area contributed by atoms with Gasteiger partial charge >= 0.3 is 0 Å². The SMILES string of the molecule is CCCCCCCCCCC(N)(CCCCCCC)CCCCCCCCCC. The Labute approximate surface area is 186 Å². The molecule has 0 saturated heterocycles. The average Bonchev–Trinajstić information content (AvgIpc) is 2.72. The predicted octanol–water partition coefficient (Wildman–Crippen LogP) is 10.1. The molecule has 0 rings (SSSR count). The van der Waals surface area contributed by atoms with E-state index in [0.29, 0.717) is 0 Å². The van der Waals surface area contributed by atoms with Crippen molar-refractivity contribution in [1.82, 2.24) is 0 Å². The fourth-order valence-corrected chi connectivity index (χ4v) is 4.68. The summed E-state index contributed by atoms with van der Waals surface area (Å²) >= 11 is 0. The van der Waals surface area contributed by atoms with Crippen molar-refractivity contribution < 1.29 is 0 Å². The van der Waals surface area contributed by atoms with Crippen molar-refractivity contribution in [3.63, 3.8) is 0 Å². The topological polar surface area (TPSA) is 26.0 Å². The normalized spacial score (nSPS) is 12.0. The summed E-state index contributed by atoms with van der Waals surface area (Å²) in [4.78, 5) is 0. The fourth-order valence-electron chi connectivity index (χ4n) is 4.68. The molecule has 0 aliphatic heterocycles. The quantitative estimate of drug-likeness (QED) is 0.158. The summed E-state index contributed by atoms with van der Waals surface area (Å²) in [6, 6.07) is 0. The highest BCUT2D eigenvalue weighted by Gasteiger charge is 2.23. The van der Waals surface area contributed by atoms with E-state index in [1.165, 1.54) is 154 Å². The first kappa shape index (κ1) is 29.0. The van der Waals surface area contributed by atoms with Gasteiger partial charge in [-0.2, -0.15) is 0 Å². The Hall–Kier alpha value is -0.0400. The zero-order valence-corrected chi connectivity index (χ0v) is 21.0. The number of hydrogen-bond acceptors (Lipinski definition) is 1. The van der Waals surface area contributed by atoms with Crippen LogP contribution < -0.4 is 5.73 Å². The van der Waals surface area contributed by atoms with Crippen LogP contribution in [0, 0.1) is 0 Å². The minimum absolute atomic E-state index is 0.136. The smallest absolute Gasteiger partial charge is 0.0154 e. The molecule has 0 aliphatic carbocycles. The maximum absolute atomic E-state index is 6.97. The molecule has 0 radical (unpaired) electrons. The fraction of sp³-hybridized carbons (Fsp3) is 1.00. The molecule has 0 aromatic rings. The first-order valence-corrected chi connectivity index (χ1v) is 14.0. The molecular formula is C28H59N. The number of nitrogens with two attached hydrogens (primary N) is 1. The van der Waals surface area contributed by atoms with Crippen LogP contribution in [0.5, 0.6) is 0 Å². The molecule has 1 heteroatoms. The molecule has 0 aromatic heterocycles. The highest BCUT2D eigenvalue weighted by molar-refractivity contribution is 4.84. The molecule has 0 heterocycles. The van der Waals surface area contributed by atoms with E-state index in [1.807, 2.05) is 0 Å². The molecule has 0 fully saturated rings. The molecule has 0 bridgehead atoms. The van der Waals surface area contributed by atoms with Crippen molar-refractivity contribution in [3.05, 3.63) is 0 Å². The van der Waals surface area contributed by atoms with Gasteiger partial charge < -0.3 is 5.73 Å². The Morgan fingerprint density at radius 1 is 0.345 bits per heavy atom. The molecule has 0 unspecified atom stereocenters. The van der Waals surface area contributed by atoms with Crippen LogP contribution in [0.25, 0.3) is 0 Å². The van der Waals surface area contributed by atoms with E-state index in [1.54, 1.807) is 0 Å². The van der Waals surface area contributed by atoms with Gasteiger partial charge in [-0.3, -0.25) is 0 Å². The molecule has 0 saturated carbocycles. The predicted molar refractivity (Wildman–Crippen MR) is 135 cm³/mol. The zero-order valence-electron chi connectivity index (χ0n) is 21.0. The van der Waals surface area contributed by atoms with Gasteiger partial charge in [0.1, 0.15) is 0 Å². The number of unbranched alkanes of at least 4 members (excludes halogenated alkanes) is 18. The van der Waals surface area contributed by atoms with Gasteiger partial charge in [-0.05, 0) is 19.3 Å². The van der Waals surface area contributed by atoms with Crippen LogP contribution in [0.1, 0.15) is 175 Å². The first-order chi connectivity index (χ1) is 14.2. The van der Waals surface area contributed by atoms with Gasteiger partial charge in [-0.1, -0.05) is 156 Å². The molecule has 176 valence electrons. The van der Waals surface area contributed by atoms with E-state index in [9.17, 15) is 0 Å². The van der Waals surface area contributed by atoms with Gasteiger partial charge in [0.2, 0.25) is 0 Å². The monoisotopic (exact) mass is 409 g/mol. The maximum Gasteiger partial charge on any atom is 0.0154 e. The van der Waals surface area contributed by atoms with Crippen molar-refractivity contribution >= 4 is 0 Å². The van der Waals surface area contributed by atoms with Gasteiger partial charge in [-0.25, -0.2) is 0 Å². The Balaban J connectivity index is 3.99. The van der Waals surface area contributed by atoms with Gasteiger partial charge in [0.05, 0.1) is 0 Å². The van der Waals surface area contributed by atoms with Crippen molar-refractivity contribution in [2.24, 2.45) is 5.73 Å². The highest BCUT2D eigenvalue weighted by Crippen LogP contribution is 2.27. The number of hydrogen-bond donors (Lipinski definition) is 1. The largest absolute Gasteiger partial charge is 0.325 e. The second-order valence-electron chi connectivity index (χ2n) is 9.98. The number of rotatable bonds is 24. The minimum Gasteiger partial charge on any atom is -0.325 e. The van der Waals surface area contributed by atoms with Crippen molar-refractivity contribution in [2.45, 2.75) is 180 Å². The van der Waals surface area contributed by atoms with E-state index in [-0.39, 0.29) is 5.54 Å². The van der Waals surface area contributed by atoms with Crippen LogP contribution in [0.3, 0.4) is 0 Å². The second kappa shape index (κ2) is 22.6. The van der Waals surface area contributed by atoms with Crippen LogP contribution in [0.4, 0.5) is 0 Å². The lowest BCUT2D eigenvalue weighted by atomic mass is 9.82. The van der Waals surface area contributed by atoms with Gasteiger partial charge in [0, 0.05) is 5.54 Å². The average molecular weight is 410 g/mol. The van der Waals surface area contributed by atoms with Crippen LogP contribution in [0.15, 0.2) is 0 Å². The lowest BCUT2D eigenvalue weighted by Crippen LogP contribution is -2.39. The summed E-state index contributed by atoms with van der Waals surface area (Å²) in [6.07, 6.45) is 33.2. The van der Waals surface area contributed by atoms with Crippen molar-refractivity contribution in [3.8, 4) is 0 Å². The molecule has 0 spiro atoms. The highest BCUT2D eigenvalue weighted by atomic mass is 14.7. The lowest BCUT2D eigenvalue weighted by molar-refractivity contribution is 0.302. The summed E-state index contributed by atoms with van der Waals surface area (Å²) in [5.41, 5.74) is 7.11. The molecule has 1 nitrogen and oxygen atoms in total. The zero-order chi connectivity index (χ0) is 21.5. The Kier molecular flexibility index (Phi) is 22.6. The van der Waals surface area contributed by atoms with Gasteiger partial charge in [0.15, 0.2) is 0 Å². The molecule has 0 amide bonds. The summed E-state index contributed by atoms with van der Waals surface area (Å²) in [6.45, 7) is 6.91. The maximum atomic E-state index is 6.97. The van der Waals surface area contributed by atoms with Crippen LogP contribution in [-0.2, 0) is 0 Å². The molecule has 0 aliphatic rings. The molecule has 2 N–H and O–H groups in total. The van der Waals surface area contributed by atoms with Gasteiger partial charge in [0.25, 0.3) is 0 Å². The Morgan fingerprint density at radius 2 is 0.552 bits per heavy atom. The van der Waals surface area contributed by atoms with Crippen LogP contribution >= 0.6 is 0 Å². The van der Waals surface area contributed by atoms with E-state index < -0.39 is 0 Å². The third-order valence-corrected chi connectivity index (χ3v) is 6.83. The van der Waals surface area contributed by atoms with Crippen LogP contribution in [0.2, 0.25) is 0 Å². The third-order valence-electron chi connectivity index (χ3n) is 6.83. The summed E-state index contributed by atoms with van der Waals surface area (Å²) in [5.74, 6) is 0. The second-order valence-corrected chi connectivity index (χ2v) is 9.98. The van der Waals surface area contributed by atoms with E-state index in [4.69, 9.17) is 5.73 Å². The van der Waals surface area contributed by atoms with Crippen LogP contribution in [-0.4, -0.2) is 5.54 Å². The van der Waals surface area contributed by atoms with Crippen molar-refractivity contribution in [2.75, 3.05) is 0 Å². The Morgan fingerprint density at radius 3 is 0.793 bits per heavy atom. The summed E-state index contributed by atoms with van der Waals surface area (Å²) < 4.78 is 0. The lowest BCUT2D eigenvalue weighted by Gasteiger charge is -2.30. The third kappa shape index (κ3) is 21.0. The Bertz CT molecular complexity index is 279. The van der Waals surface area contributed by atoms with E-state index in [0.717, 1.165) is 0 Å². The van der Waals surface area contributed by atoms with Gasteiger partial charge in [-0.15, -0.1) is 0 Å². The standard InChI is InChI=1S/C28H59N/c1-4-7-10-13-15-17-20-23-26-28(29,25-22-19-12-9-6-3)27-24-21-18-16-14-11-8-5-2/h4-27,29H2,1-3H3. The first-order valence-electron chi connectivity index (χ1n) is 14.0. The van der Waals surface area contributed by atoms with E-state index in [2.05, 4.69) is 20.8 Å².